The topological polar surface area (TPSA) is 70.7 Å². The Balaban J connectivity index is 1.50. The van der Waals surface area contributed by atoms with Gasteiger partial charge in [0.05, 0.1) is 13.0 Å². The van der Waals surface area contributed by atoms with Crippen LogP contribution in [0.5, 0.6) is 5.75 Å². The highest BCUT2D eigenvalue weighted by atomic mass is 16.5. The van der Waals surface area contributed by atoms with E-state index in [1.165, 1.54) is 0 Å². The second kappa shape index (κ2) is 7.00. The summed E-state index contributed by atoms with van der Waals surface area (Å²) in [5.41, 5.74) is 1.04. The third kappa shape index (κ3) is 3.82. The zero-order valence-corrected chi connectivity index (χ0v) is 13.4. The SMILES string of the molecule is COc1ccc(CN2CC(C(=O)NCC3CNC3)CC2=O)cc1. The number of methoxy groups -OCH3 is 1. The third-order valence-corrected chi connectivity index (χ3v) is 4.55. The van der Waals surface area contributed by atoms with Crippen LogP contribution in [0.3, 0.4) is 0 Å². The minimum Gasteiger partial charge on any atom is -0.497 e. The van der Waals surface area contributed by atoms with Gasteiger partial charge >= 0.3 is 0 Å². The van der Waals surface area contributed by atoms with E-state index in [0.717, 1.165) is 24.4 Å². The lowest BCUT2D eigenvalue weighted by molar-refractivity contribution is -0.129. The standard InChI is InChI=1S/C17H23N3O3/c1-23-15-4-2-12(3-5-15)10-20-11-14(6-16(20)21)17(22)19-9-13-7-18-8-13/h2-5,13-14,18H,6-11H2,1H3,(H,19,22). The minimum absolute atomic E-state index is 0.00230. The first-order chi connectivity index (χ1) is 11.2. The van der Waals surface area contributed by atoms with E-state index in [0.29, 0.717) is 32.0 Å². The molecular formula is C17H23N3O3. The number of ether oxygens (including phenoxy) is 1. The Morgan fingerprint density at radius 1 is 1.35 bits per heavy atom. The van der Waals surface area contributed by atoms with E-state index in [1.54, 1.807) is 12.0 Å². The molecule has 0 saturated carbocycles. The number of nitrogens with one attached hydrogen (secondary N) is 2. The summed E-state index contributed by atoms with van der Waals surface area (Å²) in [7, 11) is 1.63. The van der Waals surface area contributed by atoms with Crippen LogP contribution in [0.25, 0.3) is 0 Å². The monoisotopic (exact) mass is 317 g/mol. The molecule has 3 rings (SSSR count). The van der Waals surface area contributed by atoms with Gasteiger partial charge in [-0.25, -0.2) is 0 Å². The zero-order chi connectivity index (χ0) is 16.2. The maximum absolute atomic E-state index is 12.2. The van der Waals surface area contributed by atoms with E-state index in [2.05, 4.69) is 10.6 Å². The molecule has 1 aromatic rings. The molecular weight excluding hydrogens is 294 g/mol. The maximum Gasteiger partial charge on any atom is 0.225 e. The first-order valence-electron chi connectivity index (χ1n) is 8.05. The van der Waals surface area contributed by atoms with E-state index >= 15 is 0 Å². The van der Waals surface area contributed by atoms with Gasteiger partial charge in [-0.15, -0.1) is 0 Å². The van der Waals surface area contributed by atoms with Gasteiger partial charge in [-0.1, -0.05) is 12.1 Å². The molecule has 0 spiro atoms. The van der Waals surface area contributed by atoms with Crippen molar-refractivity contribution in [3.8, 4) is 5.75 Å². The van der Waals surface area contributed by atoms with E-state index in [-0.39, 0.29) is 17.7 Å². The molecule has 124 valence electrons. The molecule has 2 heterocycles. The van der Waals surface area contributed by atoms with E-state index in [4.69, 9.17) is 4.74 Å². The lowest BCUT2D eigenvalue weighted by Gasteiger charge is -2.27. The smallest absolute Gasteiger partial charge is 0.225 e. The van der Waals surface area contributed by atoms with Crippen molar-refractivity contribution in [2.24, 2.45) is 11.8 Å². The highest BCUT2D eigenvalue weighted by molar-refractivity contribution is 5.89. The molecule has 1 aromatic carbocycles. The molecule has 2 N–H and O–H groups in total. The first kappa shape index (κ1) is 15.8. The van der Waals surface area contributed by atoms with Gasteiger partial charge < -0.3 is 20.3 Å². The lowest BCUT2D eigenvalue weighted by Crippen LogP contribution is -2.49. The van der Waals surface area contributed by atoms with Gasteiger partial charge in [0.2, 0.25) is 11.8 Å². The molecule has 6 nitrogen and oxygen atoms in total. The van der Waals surface area contributed by atoms with Gasteiger partial charge in [0.1, 0.15) is 5.75 Å². The van der Waals surface area contributed by atoms with Gasteiger partial charge in [-0.2, -0.15) is 0 Å². The molecule has 23 heavy (non-hydrogen) atoms. The van der Waals surface area contributed by atoms with Crippen LogP contribution >= 0.6 is 0 Å². The highest BCUT2D eigenvalue weighted by Gasteiger charge is 2.34. The maximum atomic E-state index is 12.2. The largest absolute Gasteiger partial charge is 0.497 e. The molecule has 0 aliphatic carbocycles. The molecule has 2 saturated heterocycles. The number of nitrogens with zero attached hydrogens (tertiary/aromatic N) is 1. The Kier molecular flexibility index (Phi) is 4.81. The van der Waals surface area contributed by atoms with Gasteiger partial charge in [0.15, 0.2) is 0 Å². The summed E-state index contributed by atoms with van der Waals surface area (Å²) >= 11 is 0. The van der Waals surface area contributed by atoms with Crippen molar-refractivity contribution >= 4 is 11.8 Å². The van der Waals surface area contributed by atoms with E-state index < -0.39 is 0 Å². The first-order valence-corrected chi connectivity index (χ1v) is 8.05. The van der Waals surface area contributed by atoms with Crippen LogP contribution < -0.4 is 15.4 Å². The van der Waals surface area contributed by atoms with Crippen molar-refractivity contribution in [3.63, 3.8) is 0 Å². The summed E-state index contributed by atoms with van der Waals surface area (Å²) in [4.78, 5) is 26.1. The molecule has 2 aliphatic heterocycles. The van der Waals surface area contributed by atoms with Crippen LogP contribution in [-0.4, -0.2) is 50.0 Å². The van der Waals surface area contributed by atoms with Crippen molar-refractivity contribution in [3.05, 3.63) is 29.8 Å². The van der Waals surface area contributed by atoms with E-state index in [1.807, 2.05) is 24.3 Å². The van der Waals surface area contributed by atoms with Gasteiger partial charge in [0.25, 0.3) is 0 Å². The summed E-state index contributed by atoms with van der Waals surface area (Å²) in [5, 5.41) is 6.15. The summed E-state index contributed by atoms with van der Waals surface area (Å²) in [5.74, 6) is 1.15. The molecule has 1 atom stereocenters. The average Bonchev–Trinajstić information content (AvgIpc) is 2.87. The predicted molar refractivity (Wildman–Crippen MR) is 85.9 cm³/mol. The fourth-order valence-electron chi connectivity index (χ4n) is 2.93. The number of carbonyl (C=O) groups is 2. The summed E-state index contributed by atoms with van der Waals surface area (Å²) in [6, 6.07) is 7.66. The number of carbonyl (C=O) groups excluding carboxylic acids is 2. The molecule has 0 aromatic heterocycles. The van der Waals surface area contributed by atoms with Gasteiger partial charge in [-0.05, 0) is 17.7 Å². The predicted octanol–water partition coefficient (Wildman–Crippen LogP) is 0.379. The molecule has 1 unspecified atom stereocenters. The van der Waals surface area contributed by atoms with Crippen molar-refractivity contribution in [1.82, 2.24) is 15.5 Å². The Morgan fingerprint density at radius 2 is 2.09 bits per heavy atom. The number of benzene rings is 1. The molecule has 6 heteroatoms. The molecule has 2 aliphatic rings. The normalized spacial score (nSPS) is 21.2. The summed E-state index contributed by atoms with van der Waals surface area (Å²) < 4.78 is 5.13. The molecule has 0 radical (unpaired) electrons. The Labute approximate surface area is 136 Å². The highest BCUT2D eigenvalue weighted by Crippen LogP contribution is 2.21. The van der Waals surface area contributed by atoms with Crippen molar-refractivity contribution in [1.29, 1.82) is 0 Å². The van der Waals surface area contributed by atoms with Crippen LogP contribution in [0.4, 0.5) is 0 Å². The van der Waals surface area contributed by atoms with Crippen LogP contribution in [0.2, 0.25) is 0 Å². The van der Waals surface area contributed by atoms with Crippen LogP contribution in [0, 0.1) is 11.8 Å². The summed E-state index contributed by atoms with van der Waals surface area (Å²) in [6.45, 7) is 3.68. The quantitative estimate of drug-likeness (QED) is 0.796. The Morgan fingerprint density at radius 3 is 2.70 bits per heavy atom. The fraction of sp³-hybridized carbons (Fsp3) is 0.529. The van der Waals surface area contributed by atoms with Gasteiger partial charge in [-0.3, -0.25) is 9.59 Å². The fourth-order valence-corrected chi connectivity index (χ4v) is 2.93. The molecule has 2 fully saturated rings. The van der Waals surface area contributed by atoms with Crippen molar-refractivity contribution in [2.75, 3.05) is 33.3 Å². The average molecular weight is 317 g/mol. The number of hydrogen-bond donors (Lipinski definition) is 2. The number of rotatable bonds is 6. The van der Waals surface area contributed by atoms with Crippen molar-refractivity contribution in [2.45, 2.75) is 13.0 Å². The summed E-state index contributed by atoms with van der Waals surface area (Å²) in [6.07, 6.45) is 0.310. The minimum atomic E-state index is -0.228. The number of hydrogen-bond acceptors (Lipinski definition) is 4. The second-order valence-corrected chi connectivity index (χ2v) is 6.29. The zero-order valence-electron chi connectivity index (χ0n) is 13.4. The van der Waals surface area contributed by atoms with E-state index in [9.17, 15) is 9.59 Å². The third-order valence-electron chi connectivity index (χ3n) is 4.55. The number of amides is 2. The van der Waals surface area contributed by atoms with Crippen LogP contribution in [-0.2, 0) is 16.1 Å². The molecule has 0 bridgehead atoms. The second-order valence-electron chi connectivity index (χ2n) is 6.29. The van der Waals surface area contributed by atoms with Crippen LogP contribution in [0.1, 0.15) is 12.0 Å². The Bertz CT molecular complexity index is 569. The number of likely N-dealkylation sites (tertiary alicyclic amines) is 1. The lowest BCUT2D eigenvalue weighted by atomic mass is 10.0. The Hall–Kier alpha value is -2.08. The van der Waals surface area contributed by atoms with Crippen LogP contribution in [0.15, 0.2) is 24.3 Å². The van der Waals surface area contributed by atoms with Gasteiger partial charge in [0, 0.05) is 45.1 Å². The van der Waals surface area contributed by atoms with Crippen molar-refractivity contribution < 1.29 is 14.3 Å². The molecule has 2 amide bonds.